The monoisotopic (exact) mass is 299 g/mol. The number of hydrogen-bond acceptors (Lipinski definition) is 4. The Bertz CT molecular complexity index is 583. The van der Waals surface area contributed by atoms with E-state index in [1.165, 1.54) is 42.7 Å². The van der Waals surface area contributed by atoms with Crippen LogP contribution in [0.2, 0.25) is 0 Å². The van der Waals surface area contributed by atoms with E-state index in [2.05, 4.69) is 45.4 Å². The van der Waals surface area contributed by atoms with Crippen LogP contribution in [-0.4, -0.2) is 23.3 Å². The van der Waals surface area contributed by atoms with Gasteiger partial charge in [-0.05, 0) is 43.6 Å². The van der Waals surface area contributed by atoms with Crippen LogP contribution in [0.3, 0.4) is 0 Å². The fraction of sp³-hybridized carbons (Fsp3) is 0.529. The van der Waals surface area contributed by atoms with Gasteiger partial charge in [0.2, 0.25) is 5.13 Å². The molecule has 2 heterocycles. The molecule has 0 atom stereocenters. The summed E-state index contributed by atoms with van der Waals surface area (Å²) in [5.41, 5.74) is 1.47. The van der Waals surface area contributed by atoms with E-state index in [4.69, 9.17) is 0 Å². The number of aromatic nitrogens is 2. The zero-order valence-corrected chi connectivity index (χ0v) is 13.1. The normalized spacial score (nSPS) is 19.9. The van der Waals surface area contributed by atoms with Gasteiger partial charge in [-0.15, -0.1) is 10.2 Å². The lowest BCUT2D eigenvalue weighted by Crippen LogP contribution is -2.34. The lowest BCUT2D eigenvalue weighted by atomic mass is 9.90. The van der Waals surface area contributed by atoms with Crippen LogP contribution < -0.4 is 4.90 Å². The zero-order chi connectivity index (χ0) is 14.1. The van der Waals surface area contributed by atoms with Gasteiger partial charge in [0, 0.05) is 19.0 Å². The Balaban J connectivity index is 1.33. The third-order valence-electron chi connectivity index (χ3n) is 4.61. The molecule has 1 aliphatic heterocycles. The molecule has 0 spiro atoms. The Labute approximate surface area is 130 Å². The van der Waals surface area contributed by atoms with Gasteiger partial charge in [0.05, 0.1) is 0 Å². The predicted octanol–water partition coefficient (Wildman–Crippen LogP) is 3.87. The van der Waals surface area contributed by atoms with Gasteiger partial charge in [0.25, 0.3) is 0 Å². The smallest absolute Gasteiger partial charge is 0.208 e. The maximum atomic E-state index is 4.40. The highest BCUT2D eigenvalue weighted by Gasteiger charge is 2.29. The van der Waals surface area contributed by atoms with Gasteiger partial charge in [0.15, 0.2) is 0 Å². The molecule has 1 saturated heterocycles. The van der Waals surface area contributed by atoms with E-state index in [0.717, 1.165) is 30.1 Å². The minimum Gasteiger partial charge on any atom is -0.347 e. The summed E-state index contributed by atoms with van der Waals surface area (Å²) in [4.78, 5) is 2.44. The summed E-state index contributed by atoms with van der Waals surface area (Å²) in [6.45, 7) is 2.27. The van der Waals surface area contributed by atoms with Crippen molar-refractivity contribution in [3.8, 4) is 0 Å². The summed E-state index contributed by atoms with van der Waals surface area (Å²) >= 11 is 1.82. The van der Waals surface area contributed by atoms with Crippen LogP contribution in [0.15, 0.2) is 30.3 Å². The van der Waals surface area contributed by atoms with E-state index >= 15 is 0 Å². The second kappa shape index (κ2) is 5.76. The summed E-state index contributed by atoms with van der Waals surface area (Å²) in [7, 11) is 0. The molecule has 3 nitrogen and oxygen atoms in total. The average molecular weight is 299 g/mol. The molecule has 0 radical (unpaired) electrons. The van der Waals surface area contributed by atoms with E-state index in [0.29, 0.717) is 0 Å². The van der Waals surface area contributed by atoms with Crippen molar-refractivity contribution in [1.82, 2.24) is 10.2 Å². The number of rotatable bonds is 4. The standard InChI is InChI=1S/C17H21N3S/c1-2-4-13(5-3-1)12-14-8-10-20(11-9-14)17-19-18-16(21-17)15-6-7-15/h1-5,14-15H,6-12H2. The highest BCUT2D eigenvalue weighted by molar-refractivity contribution is 7.15. The number of nitrogens with zero attached hydrogens (tertiary/aromatic N) is 3. The van der Waals surface area contributed by atoms with Gasteiger partial charge in [0.1, 0.15) is 5.01 Å². The summed E-state index contributed by atoms with van der Waals surface area (Å²) in [6.07, 6.45) is 6.39. The highest BCUT2D eigenvalue weighted by Crippen LogP contribution is 2.42. The molecule has 1 aliphatic carbocycles. The summed E-state index contributed by atoms with van der Waals surface area (Å²) in [6, 6.07) is 10.9. The lowest BCUT2D eigenvalue weighted by Gasteiger charge is -2.31. The number of anilines is 1. The summed E-state index contributed by atoms with van der Waals surface area (Å²) in [5.74, 6) is 1.55. The van der Waals surface area contributed by atoms with Crippen molar-refractivity contribution in [3.63, 3.8) is 0 Å². The molecule has 4 heteroatoms. The molecule has 2 fully saturated rings. The lowest BCUT2D eigenvalue weighted by molar-refractivity contribution is 0.403. The molecule has 2 aromatic rings. The first-order valence-electron chi connectivity index (χ1n) is 8.01. The second-order valence-corrected chi connectivity index (χ2v) is 7.30. The van der Waals surface area contributed by atoms with Crippen LogP contribution in [-0.2, 0) is 6.42 Å². The van der Waals surface area contributed by atoms with Crippen LogP contribution in [0.4, 0.5) is 5.13 Å². The van der Waals surface area contributed by atoms with Crippen molar-refractivity contribution in [3.05, 3.63) is 40.9 Å². The maximum Gasteiger partial charge on any atom is 0.208 e. The Morgan fingerprint density at radius 2 is 1.76 bits per heavy atom. The first kappa shape index (κ1) is 13.3. The molecule has 0 N–H and O–H groups in total. The van der Waals surface area contributed by atoms with E-state index in [9.17, 15) is 0 Å². The van der Waals surface area contributed by atoms with E-state index in [-0.39, 0.29) is 0 Å². The van der Waals surface area contributed by atoms with Gasteiger partial charge >= 0.3 is 0 Å². The molecule has 0 unspecified atom stereocenters. The predicted molar refractivity (Wildman–Crippen MR) is 87.0 cm³/mol. The van der Waals surface area contributed by atoms with Gasteiger partial charge in [-0.3, -0.25) is 0 Å². The van der Waals surface area contributed by atoms with Crippen molar-refractivity contribution < 1.29 is 0 Å². The van der Waals surface area contributed by atoms with Crippen LogP contribution in [0.25, 0.3) is 0 Å². The second-order valence-electron chi connectivity index (χ2n) is 6.32. The Morgan fingerprint density at radius 3 is 2.48 bits per heavy atom. The maximum absolute atomic E-state index is 4.40. The minimum absolute atomic E-state index is 0.729. The third kappa shape index (κ3) is 3.10. The Kier molecular flexibility index (Phi) is 3.63. The summed E-state index contributed by atoms with van der Waals surface area (Å²) in [5, 5.41) is 11.2. The van der Waals surface area contributed by atoms with Gasteiger partial charge < -0.3 is 4.90 Å². The third-order valence-corrected chi connectivity index (χ3v) is 5.76. The largest absolute Gasteiger partial charge is 0.347 e. The molecule has 0 amide bonds. The van der Waals surface area contributed by atoms with Gasteiger partial charge in [-0.25, -0.2) is 0 Å². The fourth-order valence-electron chi connectivity index (χ4n) is 3.13. The topological polar surface area (TPSA) is 29.0 Å². The molecule has 110 valence electrons. The first-order valence-corrected chi connectivity index (χ1v) is 8.82. The molecule has 21 heavy (non-hydrogen) atoms. The van der Waals surface area contributed by atoms with Gasteiger partial charge in [-0.2, -0.15) is 0 Å². The number of benzene rings is 1. The molecule has 0 bridgehead atoms. The molecule has 1 saturated carbocycles. The first-order chi connectivity index (χ1) is 10.4. The van der Waals surface area contributed by atoms with E-state index in [1.54, 1.807) is 0 Å². The molecular formula is C17H21N3S. The molecule has 2 aliphatic rings. The van der Waals surface area contributed by atoms with Gasteiger partial charge in [-0.1, -0.05) is 41.7 Å². The SMILES string of the molecule is c1ccc(CC2CCN(c3nnc(C4CC4)s3)CC2)cc1. The van der Waals surface area contributed by atoms with Crippen LogP contribution >= 0.6 is 11.3 Å². The fourth-order valence-corrected chi connectivity index (χ4v) is 4.19. The van der Waals surface area contributed by atoms with Crippen molar-refractivity contribution in [2.24, 2.45) is 5.92 Å². The van der Waals surface area contributed by atoms with Crippen LogP contribution in [0, 0.1) is 5.92 Å². The molecular weight excluding hydrogens is 278 g/mol. The molecule has 1 aromatic carbocycles. The van der Waals surface area contributed by atoms with E-state index < -0.39 is 0 Å². The van der Waals surface area contributed by atoms with Crippen LogP contribution in [0.5, 0.6) is 0 Å². The molecule has 1 aromatic heterocycles. The zero-order valence-electron chi connectivity index (χ0n) is 12.2. The van der Waals surface area contributed by atoms with Crippen molar-refractivity contribution >= 4 is 16.5 Å². The summed E-state index contributed by atoms with van der Waals surface area (Å²) < 4.78 is 0. The van der Waals surface area contributed by atoms with Crippen molar-refractivity contribution in [1.29, 1.82) is 0 Å². The quantitative estimate of drug-likeness (QED) is 0.858. The highest BCUT2D eigenvalue weighted by atomic mass is 32.1. The minimum atomic E-state index is 0.729. The van der Waals surface area contributed by atoms with Crippen molar-refractivity contribution in [2.45, 2.75) is 38.0 Å². The van der Waals surface area contributed by atoms with Crippen LogP contribution in [0.1, 0.15) is 42.2 Å². The van der Waals surface area contributed by atoms with Crippen molar-refractivity contribution in [2.75, 3.05) is 18.0 Å². The number of hydrogen-bond donors (Lipinski definition) is 0. The number of piperidine rings is 1. The Morgan fingerprint density at radius 1 is 1.00 bits per heavy atom. The Hall–Kier alpha value is -1.42. The molecule has 4 rings (SSSR count). The van der Waals surface area contributed by atoms with E-state index in [1.807, 2.05) is 11.3 Å². The average Bonchev–Trinajstić information content (AvgIpc) is 3.27.